The Labute approximate surface area is 122 Å². The van der Waals surface area contributed by atoms with E-state index in [-0.39, 0.29) is 12.1 Å². The number of likely N-dealkylation sites (N-methyl/N-ethyl adjacent to an activating group) is 1. The minimum atomic E-state index is 0.116. The molecule has 1 aliphatic heterocycles. The van der Waals surface area contributed by atoms with E-state index in [1.54, 1.807) is 0 Å². The van der Waals surface area contributed by atoms with Gasteiger partial charge in [-0.2, -0.15) is 0 Å². The lowest BCUT2D eigenvalue weighted by molar-refractivity contribution is 0.0823. The van der Waals surface area contributed by atoms with E-state index in [0.29, 0.717) is 6.04 Å². The molecule has 2 unspecified atom stereocenters. The normalized spacial score (nSPS) is 21.3. The number of furan rings is 1. The van der Waals surface area contributed by atoms with Crippen molar-refractivity contribution in [3.63, 3.8) is 0 Å². The summed E-state index contributed by atoms with van der Waals surface area (Å²) >= 11 is 0. The van der Waals surface area contributed by atoms with Gasteiger partial charge in [-0.3, -0.25) is 4.90 Å². The molecule has 4 heteroatoms. The van der Waals surface area contributed by atoms with Gasteiger partial charge in [0.05, 0.1) is 6.04 Å². The second-order valence-corrected chi connectivity index (χ2v) is 6.17. The zero-order chi connectivity index (χ0) is 14.7. The van der Waals surface area contributed by atoms with Gasteiger partial charge in [0.25, 0.3) is 0 Å². The molecular formula is C16H29N3O. The van der Waals surface area contributed by atoms with Crippen molar-refractivity contribution in [3.8, 4) is 0 Å². The average Bonchev–Trinajstić information content (AvgIpc) is 2.85. The Bertz CT molecular complexity index is 410. The molecule has 2 atom stereocenters. The standard InChI is InChI=1S/C16H29N3O/c1-5-14(17)16(15-7-6-12(2)20-15)19(4)13-8-10-18(3)11-9-13/h6-7,13-14,16H,5,8-11,17H2,1-4H3. The quantitative estimate of drug-likeness (QED) is 0.899. The number of nitrogens with zero attached hydrogens (tertiary/aromatic N) is 2. The Kier molecular flexibility index (Phi) is 5.24. The lowest BCUT2D eigenvalue weighted by Gasteiger charge is -2.40. The SMILES string of the molecule is CCC(N)C(c1ccc(C)o1)N(C)C1CCN(C)CC1. The second-order valence-electron chi connectivity index (χ2n) is 6.17. The van der Waals surface area contributed by atoms with Crippen LogP contribution in [0.2, 0.25) is 0 Å². The summed E-state index contributed by atoms with van der Waals surface area (Å²) in [5.41, 5.74) is 6.38. The number of hydrogen-bond donors (Lipinski definition) is 1. The van der Waals surface area contributed by atoms with E-state index < -0.39 is 0 Å². The van der Waals surface area contributed by atoms with Crippen molar-refractivity contribution in [2.24, 2.45) is 5.73 Å². The Hall–Kier alpha value is -0.840. The first-order chi connectivity index (χ1) is 9.52. The van der Waals surface area contributed by atoms with Crippen LogP contribution >= 0.6 is 0 Å². The van der Waals surface area contributed by atoms with Gasteiger partial charge in [0.15, 0.2) is 0 Å². The van der Waals surface area contributed by atoms with Crippen LogP contribution in [0, 0.1) is 6.92 Å². The third kappa shape index (κ3) is 3.43. The topological polar surface area (TPSA) is 45.6 Å². The average molecular weight is 279 g/mol. The zero-order valence-electron chi connectivity index (χ0n) is 13.3. The molecule has 2 heterocycles. The summed E-state index contributed by atoms with van der Waals surface area (Å²) in [7, 11) is 4.40. The van der Waals surface area contributed by atoms with Crippen molar-refractivity contribution >= 4 is 0 Å². The van der Waals surface area contributed by atoms with Crippen molar-refractivity contribution in [1.29, 1.82) is 0 Å². The summed E-state index contributed by atoms with van der Waals surface area (Å²) in [6.45, 7) is 6.48. The highest BCUT2D eigenvalue weighted by Crippen LogP contribution is 2.30. The predicted octanol–water partition coefficient (Wildman–Crippen LogP) is 2.39. The van der Waals surface area contributed by atoms with Crippen LogP contribution in [0.1, 0.15) is 43.7 Å². The van der Waals surface area contributed by atoms with E-state index in [1.165, 1.54) is 25.9 Å². The molecule has 1 aliphatic rings. The van der Waals surface area contributed by atoms with Crippen LogP contribution in [0.15, 0.2) is 16.5 Å². The molecule has 0 aliphatic carbocycles. The Morgan fingerprint density at radius 3 is 2.55 bits per heavy atom. The minimum Gasteiger partial charge on any atom is -0.465 e. The van der Waals surface area contributed by atoms with Crippen LogP contribution < -0.4 is 5.73 Å². The molecule has 0 radical (unpaired) electrons. The smallest absolute Gasteiger partial charge is 0.122 e. The van der Waals surface area contributed by atoms with Crippen LogP contribution in [0.4, 0.5) is 0 Å². The van der Waals surface area contributed by atoms with Gasteiger partial charge in [0.2, 0.25) is 0 Å². The van der Waals surface area contributed by atoms with Gasteiger partial charge < -0.3 is 15.1 Å². The van der Waals surface area contributed by atoms with Gasteiger partial charge in [0, 0.05) is 12.1 Å². The Morgan fingerprint density at radius 2 is 2.05 bits per heavy atom. The van der Waals surface area contributed by atoms with E-state index in [1.807, 2.05) is 13.0 Å². The maximum absolute atomic E-state index is 6.38. The second kappa shape index (κ2) is 6.74. The van der Waals surface area contributed by atoms with Gasteiger partial charge in [-0.25, -0.2) is 0 Å². The van der Waals surface area contributed by atoms with E-state index in [2.05, 4.69) is 36.9 Å². The molecule has 0 spiro atoms. The first-order valence-electron chi connectivity index (χ1n) is 7.75. The molecule has 20 heavy (non-hydrogen) atoms. The molecule has 1 aromatic heterocycles. The first kappa shape index (κ1) is 15.5. The lowest BCUT2D eigenvalue weighted by Crippen LogP contribution is -2.47. The molecular weight excluding hydrogens is 250 g/mol. The van der Waals surface area contributed by atoms with Crippen LogP contribution in [-0.2, 0) is 0 Å². The molecule has 2 rings (SSSR count). The number of aryl methyl sites for hydroxylation is 1. The van der Waals surface area contributed by atoms with Gasteiger partial charge in [-0.15, -0.1) is 0 Å². The fraction of sp³-hybridized carbons (Fsp3) is 0.750. The molecule has 114 valence electrons. The van der Waals surface area contributed by atoms with Gasteiger partial charge in [-0.05, 0) is 65.5 Å². The van der Waals surface area contributed by atoms with Gasteiger partial charge in [-0.1, -0.05) is 6.92 Å². The summed E-state index contributed by atoms with van der Waals surface area (Å²) in [5.74, 6) is 1.98. The van der Waals surface area contributed by atoms with Crippen LogP contribution in [0.5, 0.6) is 0 Å². The minimum absolute atomic E-state index is 0.116. The maximum atomic E-state index is 6.38. The molecule has 0 aromatic carbocycles. The van der Waals surface area contributed by atoms with Crippen LogP contribution in [0.3, 0.4) is 0 Å². The molecule has 0 bridgehead atoms. The number of piperidine rings is 1. The summed E-state index contributed by atoms with van der Waals surface area (Å²) in [6.07, 6.45) is 3.38. The molecule has 0 amide bonds. The summed E-state index contributed by atoms with van der Waals surface area (Å²) in [4.78, 5) is 4.84. The van der Waals surface area contributed by atoms with Crippen molar-refractivity contribution in [1.82, 2.24) is 9.80 Å². The fourth-order valence-electron chi connectivity index (χ4n) is 3.18. The highest BCUT2D eigenvalue weighted by atomic mass is 16.3. The summed E-state index contributed by atoms with van der Waals surface area (Å²) in [5, 5.41) is 0. The third-order valence-corrected chi connectivity index (χ3v) is 4.63. The first-order valence-corrected chi connectivity index (χ1v) is 7.75. The number of hydrogen-bond acceptors (Lipinski definition) is 4. The van der Waals surface area contributed by atoms with Crippen molar-refractivity contribution in [2.75, 3.05) is 27.2 Å². The molecule has 0 saturated carbocycles. The molecule has 4 nitrogen and oxygen atoms in total. The van der Waals surface area contributed by atoms with E-state index in [4.69, 9.17) is 10.2 Å². The highest BCUT2D eigenvalue weighted by Gasteiger charge is 2.31. The zero-order valence-corrected chi connectivity index (χ0v) is 13.3. The Balaban J connectivity index is 2.14. The third-order valence-electron chi connectivity index (χ3n) is 4.63. The van der Waals surface area contributed by atoms with Gasteiger partial charge in [0.1, 0.15) is 11.5 Å². The highest BCUT2D eigenvalue weighted by molar-refractivity contribution is 5.12. The molecule has 1 saturated heterocycles. The van der Waals surface area contributed by atoms with E-state index in [9.17, 15) is 0 Å². The van der Waals surface area contributed by atoms with Crippen molar-refractivity contribution in [3.05, 3.63) is 23.7 Å². The molecule has 2 N–H and O–H groups in total. The van der Waals surface area contributed by atoms with Crippen molar-refractivity contribution in [2.45, 2.75) is 51.2 Å². The lowest BCUT2D eigenvalue weighted by atomic mass is 9.97. The van der Waals surface area contributed by atoms with Crippen molar-refractivity contribution < 1.29 is 4.42 Å². The monoisotopic (exact) mass is 279 g/mol. The molecule has 1 aromatic rings. The number of rotatable bonds is 5. The van der Waals surface area contributed by atoms with Crippen LogP contribution in [-0.4, -0.2) is 49.1 Å². The maximum Gasteiger partial charge on any atom is 0.122 e. The summed E-state index contributed by atoms with van der Waals surface area (Å²) in [6, 6.07) is 5.01. The number of nitrogens with two attached hydrogens (primary N) is 1. The largest absolute Gasteiger partial charge is 0.465 e. The fourth-order valence-corrected chi connectivity index (χ4v) is 3.18. The Morgan fingerprint density at radius 1 is 1.40 bits per heavy atom. The predicted molar refractivity (Wildman–Crippen MR) is 82.7 cm³/mol. The van der Waals surface area contributed by atoms with Gasteiger partial charge >= 0.3 is 0 Å². The molecule has 1 fully saturated rings. The van der Waals surface area contributed by atoms with E-state index >= 15 is 0 Å². The number of likely N-dealkylation sites (tertiary alicyclic amines) is 1. The van der Waals surface area contributed by atoms with Crippen LogP contribution in [0.25, 0.3) is 0 Å². The summed E-state index contributed by atoms with van der Waals surface area (Å²) < 4.78 is 5.87. The van der Waals surface area contributed by atoms with E-state index in [0.717, 1.165) is 17.9 Å².